The van der Waals surface area contributed by atoms with E-state index in [9.17, 15) is 4.79 Å². The van der Waals surface area contributed by atoms with Crippen molar-refractivity contribution in [2.75, 3.05) is 14.2 Å². The summed E-state index contributed by atoms with van der Waals surface area (Å²) in [6.45, 7) is -0.126. The summed E-state index contributed by atoms with van der Waals surface area (Å²) in [6.07, 6.45) is 0.0145. The van der Waals surface area contributed by atoms with E-state index in [0.717, 1.165) is 5.56 Å². The van der Waals surface area contributed by atoms with Crippen LogP contribution in [0.5, 0.6) is 11.5 Å². The molecule has 3 rings (SSSR count). The SMILES string of the molecule is COc1cccc(-c2noc(COC(=O)Cc3cc(Cl)ccc3OC)n2)c1. The van der Waals surface area contributed by atoms with Crippen LogP contribution >= 0.6 is 11.6 Å². The van der Waals surface area contributed by atoms with E-state index in [1.807, 2.05) is 18.2 Å². The van der Waals surface area contributed by atoms with Crippen LogP contribution in [0, 0.1) is 0 Å². The first kappa shape index (κ1) is 18.7. The van der Waals surface area contributed by atoms with Gasteiger partial charge in [0.15, 0.2) is 6.61 Å². The zero-order valence-corrected chi connectivity index (χ0v) is 15.5. The third kappa shape index (κ3) is 4.77. The smallest absolute Gasteiger partial charge is 0.310 e. The van der Waals surface area contributed by atoms with E-state index >= 15 is 0 Å². The third-order valence-corrected chi connectivity index (χ3v) is 3.96. The number of hydrogen-bond acceptors (Lipinski definition) is 7. The van der Waals surface area contributed by atoms with Crippen molar-refractivity contribution in [3.63, 3.8) is 0 Å². The minimum Gasteiger partial charge on any atom is -0.497 e. The number of aromatic nitrogens is 2. The Labute approximate surface area is 160 Å². The number of nitrogens with zero attached hydrogens (tertiary/aromatic N) is 2. The highest BCUT2D eigenvalue weighted by Crippen LogP contribution is 2.24. The number of esters is 1. The lowest BCUT2D eigenvalue weighted by molar-refractivity contribution is -0.144. The van der Waals surface area contributed by atoms with Gasteiger partial charge in [-0.1, -0.05) is 28.9 Å². The molecule has 8 heteroatoms. The van der Waals surface area contributed by atoms with Crippen LogP contribution in [0.1, 0.15) is 11.5 Å². The van der Waals surface area contributed by atoms with Crippen molar-refractivity contribution >= 4 is 17.6 Å². The van der Waals surface area contributed by atoms with Crippen LogP contribution in [-0.2, 0) is 22.6 Å². The Kier molecular flexibility index (Phi) is 5.93. The fourth-order valence-corrected chi connectivity index (χ4v) is 2.62. The van der Waals surface area contributed by atoms with Crippen LogP contribution in [-0.4, -0.2) is 30.3 Å². The van der Waals surface area contributed by atoms with E-state index < -0.39 is 5.97 Å². The summed E-state index contributed by atoms with van der Waals surface area (Å²) in [5.41, 5.74) is 1.37. The van der Waals surface area contributed by atoms with Crippen LogP contribution < -0.4 is 9.47 Å². The predicted octanol–water partition coefficient (Wildman–Crippen LogP) is 3.69. The second-order valence-electron chi connectivity index (χ2n) is 5.54. The fraction of sp³-hybridized carbons (Fsp3) is 0.211. The zero-order chi connectivity index (χ0) is 19.2. The van der Waals surface area contributed by atoms with Crippen molar-refractivity contribution in [3.05, 3.63) is 58.9 Å². The van der Waals surface area contributed by atoms with Crippen molar-refractivity contribution in [2.24, 2.45) is 0 Å². The molecule has 0 radical (unpaired) electrons. The molecule has 0 saturated carbocycles. The van der Waals surface area contributed by atoms with Gasteiger partial charge in [0.1, 0.15) is 11.5 Å². The molecule has 3 aromatic rings. The summed E-state index contributed by atoms with van der Waals surface area (Å²) in [5.74, 6) is 1.36. The molecule has 1 aromatic heterocycles. The molecule has 0 unspecified atom stereocenters. The number of hydrogen-bond donors (Lipinski definition) is 0. The second kappa shape index (κ2) is 8.55. The first-order valence-electron chi connectivity index (χ1n) is 8.04. The Hall–Kier alpha value is -3.06. The molecule has 0 amide bonds. The summed E-state index contributed by atoms with van der Waals surface area (Å²) in [5, 5.41) is 4.40. The molecule has 0 spiro atoms. The van der Waals surface area contributed by atoms with Gasteiger partial charge in [0.2, 0.25) is 5.82 Å². The first-order chi connectivity index (χ1) is 13.1. The number of carbonyl (C=O) groups is 1. The van der Waals surface area contributed by atoms with Gasteiger partial charge in [-0.25, -0.2) is 0 Å². The maximum Gasteiger partial charge on any atom is 0.310 e. The van der Waals surface area contributed by atoms with E-state index in [-0.39, 0.29) is 18.9 Å². The van der Waals surface area contributed by atoms with Crippen molar-refractivity contribution in [2.45, 2.75) is 13.0 Å². The first-order valence-corrected chi connectivity index (χ1v) is 8.42. The minimum atomic E-state index is -0.461. The van der Waals surface area contributed by atoms with Crippen LogP contribution in [0.15, 0.2) is 47.0 Å². The van der Waals surface area contributed by atoms with Gasteiger partial charge in [0.05, 0.1) is 20.6 Å². The maximum atomic E-state index is 12.1. The molecule has 0 aliphatic heterocycles. The van der Waals surface area contributed by atoms with Gasteiger partial charge < -0.3 is 18.7 Å². The number of benzene rings is 2. The molecule has 0 bridgehead atoms. The predicted molar refractivity (Wildman–Crippen MR) is 97.8 cm³/mol. The van der Waals surface area contributed by atoms with Crippen LogP contribution in [0.25, 0.3) is 11.4 Å². The van der Waals surface area contributed by atoms with Gasteiger partial charge in [-0.05, 0) is 30.3 Å². The lowest BCUT2D eigenvalue weighted by Crippen LogP contribution is -2.09. The standard InChI is InChI=1S/C19H17ClN2O5/c1-24-15-5-3-4-12(9-15)19-21-17(27-22-19)11-26-18(23)10-13-8-14(20)6-7-16(13)25-2/h3-9H,10-11H2,1-2H3. The Morgan fingerprint density at radius 3 is 2.78 bits per heavy atom. The number of rotatable bonds is 7. The molecule has 0 N–H and O–H groups in total. The quantitative estimate of drug-likeness (QED) is 0.570. The fourth-order valence-electron chi connectivity index (χ4n) is 2.43. The Balaban J connectivity index is 1.61. The van der Waals surface area contributed by atoms with Gasteiger partial charge >= 0.3 is 5.97 Å². The molecule has 0 aliphatic rings. The number of carbonyl (C=O) groups excluding carboxylic acids is 1. The largest absolute Gasteiger partial charge is 0.497 e. The summed E-state index contributed by atoms with van der Waals surface area (Å²) < 4.78 is 20.7. The van der Waals surface area contributed by atoms with Crippen LogP contribution in [0.3, 0.4) is 0 Å². The molecule has 2 aromatic carbocycles. The molecule has 0 fully saturated rings. The second-order valence-corrected chi connectivity index (χ2v) is 5.97. The summed E-state index contributed by atoms with van der Waals surface area (Å²) in [6, 6.07) is 12.3. The summed E-state index contributed by atoms with van der Waals surface area (Å²) in [7, 11) is 3.10. The summed E-state index contributed by atoms with van der Waals surface area (Å²) in [4.78, 5) is 16.3. The molecule has 0 aliphatic carbocycles. The Morgan fingerprint density at radius 2 is 2.00 bits per heavy atom. The molecule has 27 heavy (non-hydrogen) atoms. The van der Waals surface area contributed by atoms with Gasteiger partial charge in [-0.15, -0.1) is 0 Å². The van der Waals surface area contributed by atoms with E-state index in [0.29, 0.717) is 27.9 Å². The number of halogens is 1. The van der Waals surface area contributed by atoms with E-state index in [2.05, 4.69) is 10.1 Å². The Morgan fingerprint density at radius 1 is 1.15 bits per heavy atom. The average molecular weight is 389 g/mol. The topological polar surface area (TPSA) is 83.7 Å². The van der Waals surface area contributed by atoms with Crippen molar-refractivity contribution < 1.29 is 23.5 Å². The third-order valence-electron chi connectivity index (χ3n) is 3.73. The van der Waals surface area contributed by atoms with E-state index in [1.165, 1.54) is 7.11 Å². The molecule has 0 atom stereocenters. The number of ether oxygens (including phenoxy) is 3. The highest BCUT2D eigenvalue weighted by Gasteiger charge is 2.14. The van der Waals surface area contributed by atoms with Gasteiger partial charge in [0, 0.05) is 16.1 Å². The normalized spacial score (nSPS) is 10.5. The lowest BCUT2D eigenvalue weighted by Gasteiger charge is -2.08. The Bertz CT molecular complexity index is 941. The summed E-state index contributed by atoms with van der Waals surface area (Å²) >= 11 is 5.96. The van der Waals surface area contributed by atoms with Crippen LogP contribution in [0.4, 0.5) is 0 Å². The monoisotopic (exact) mass is 388 g/mol. The van der Waals surface area contributed by atoms with E-state index in [4.69, 9.17) is 30.3 Å². The van der Waals surface area contributed by atoms with Gasteiger partial charge in [-0.3, -0.25) is 4.79 Å². The highest BCUT2D eigenvalue weighted by molar-refractivity contribution is 6.30. The molecule has 0 saturated heterocycles. The lowest BCUT2D eigenvalue weighted by atomic mass is 10.1. The molecular weight excluding hydrogens is 372 g/mol. The molecular formula is C19H17ClN2O5. The molecule has 140 valence electrons. The van der Waals surface area contributed by atoms with Crippen molar-refractivity contribution in [1.29, 1.82) is 0 Å². The molecule has 1 heterocycles. The van der Waals surface area contributed by atoms with E-state index in [1.54, 1.807) is 31.4 Å². The van der Waals surface area contributed by atoms with Crippen molar-refractivity contribution in [3.8, 4) is 22.9 Å². The molecule has 7 nitrogen and oxygen atoms in total. The van der Waals surface area contributed by atoms with Gasteiger partial charge in [0.25, 0.3) is 5.89 Å². The number of methoxy groups -OCH3 is 2. The van der Waals surface area contributed by atoms with Crippen LogP contribution in [0.2, 0.25) is 5.02 Å². The average Bonchev–Trinajstić information content (AvgIpc) is 3.16. The maximum absolute atomic E-state index is 12.1. The highest BCUT2D eigenvalue weighted by atomic mass is 35.5. The minimum absolute atomic E-state index is 0.0145. The van der Waals surface area contributed by atoms with Gasteiger partial charge in [-0.2, -0.15) is 4.98 Å². The van der Waals surface area contributed by atoms with Crippen molar-refractivity contribution in [1.82, 2.24) is 10.1 Å². The zero-order valence-electron chi connectivity index (χ0n) is 14.8.